The van der Waals surface area contributed by atoms with Crippen LogP contribution in [0.5, 0.6) is 0 Å². The molecule has 1 heterocycles. The lowest BCUT2D eigenvalue weighted by Crippen LogP contribution is -2.53. The molecule has 0 aliphatic heterocycles. The van der Waals surface area contributed by atoms with Crippen molar-refractivity contribution in [3.8, 4) is 0 Å². The Morgan fingerprint density at radius 1 is 1.08 bits per heavy atom. The molecule has 3 saturated carbocycles. The predicted molar refractivity (Wildman–Crippen MR) is 152 cm³/mol. The number of hydrogen-bond acceptors (Lipinski definition) is 4. The van der Waals surface area contributed by atoms with E-state index in [-0.39, 0.29) is 17.9 Å². The SMILES string of the molecule is NC(CNC(=O)C1(c2ccc(F)cc2Cl)CCCC1)C1C2CCCC1CC(CCC(=O)Nc1ccncc1)C2. The molecule has 39 heavy (non-hydrogen) atoms. The van der Waals surface area contributed by atoms with Crippen LogP contribution in [-0.4, -0.2) is 29.4 Å². The van der Waals surface area contributed by atoms with E-state index in [4.69, 9.17) is 17.3 Å². The number of hydrogen-bond donors (Lipinski definition) is 3. The van der Waals surface area contributed by atoms with Crippen LogP contribution in [0, 0.1) is 29.5 Å². The second-order valence-electron chi connectivity index (χ2n) is 12.0. The number of nitrogens with two attached hydrogens (primary N) is 1. The first-order valence-corrected chi connectivity index (χ1v) is 14.9. The molecule has 3 fully saturated rings. The summed E-state index contributed by atoms with van der Waals surface area (Å²) < 4.78 is 13.7. The van der Waals surface area contributed by atoms with Gasteiger partial charge < -0.3 is 16.4 Å². The molecule has 8 heteroatoms. The molecular weight excluding hydrogens is 515 g/mol. The van der Waals surface area contributed by atoms with Crippen LogP contribution in [-0.2, 0) is 15.0 Å². The zero-order chi connectivity index (χ0) is 27.4. The van der Waals surface area contributed by atoms with E-state index < -0.39 is 11.2 Å². The van der Waals surface area contributed by atoms with E-state index in [1.807, 2.05) is 0 Å². The highest BCUT2D eigenvalue weighted by Crippen LogP contribution is 2.49. The third-order valence-corrected chi connectivity index (χ3v) is 9.90. The standard InChI is InChI=1S/C31H40ClFN4O2/c32-26-18-23(33)7-8-25(26)31(12-1-2-13-31)30(39)36-19-27(34)29-21-4-3-5-22(29)17-20(16-21)6-9-28(38)37-24-10-14-35-15-11-24/h7-8,10-11,14-15,18,20-22,27,29H,1-6,9,12-13,16-17,19,34H2,(H,36,39)(H,35,37,38). The van der Waals surface area contributed by atoms with E-state index in [1.54, 1.807) is 30.6 Å². The maximum atomic E-state index is 13.7. The summed E-state index contributed by atoms with van der Waals surface area (Å²) in [7, 11) is 0. The Kier molecular flexibility index (Phi) is 8.87. The largest absolute Gasteiger partial charge is 0.354 e. The first-order valence-electron chi connectivity index (χ1n) is 14.5. The lowest BCUT2D eigenvalue weighted by Gasteiger charge is -2.48. The van der Waals surface area contributed by atoms with Crippen LogP contribution in [0.4, 0.5) is 10.1 Å². The molecule has 3 aliphatic rings. The monoisotopic (exact) mass is 554 g/mol. The molecule has 0 radical (unpaired) electrons. The summed E-state index contributed by atoms with van der Waals surface area (Å²) in [6.45, 7) is 0.441. The third kappa shape index (κ3) is 6.30. The van der Waals surface area contributed by atoms with Gasteiger partial charge in [0.05, 0.1) is 5.41 Å². The number of carbonyl (C=O) groups is 2. The van der Waals surface area contributed by atoms with Crippen molar-refractivity contribution in [1.82, 2.24) is 10.3 Å². The van der Waals surface area contributed by atoms with Gasteiger partial charge in [0.2, 0.25) is 11.8 Å². The highest BCUT2D eigenvalue weighted by molar-refractivity contribution is 6.31. The normalized spacial score (nSPS) is 26.5. The lowest BCUT2D eigenvalue weighted by atomic mass is 9.58. The number of nitrogens with zero attached hydrogens (tertiary/aromatic N) is 1. The number of aromatic nitrogens is 1. The smallest absolute Gasteiger partial charge is 0.230 e. The molecule has 210 valence electrons. The molecule has 1 aromatic heterocycles. The zero-order valence-electron chi connectivity index (χ0n) is 22.5. The molecule has 2 bridgehead atoms. The van der Waals surface area contributed by atoms with Crippen LogP contribution < -0.4 is 16.4 Å². The van der Waals surface area contributed by atoms with Crippen LogP contribution in [0.15, 0.2) is 42.7 Å². The van der Waals surface area contributed by atoms with Crippen molar-refractivity contribution in [3.05, 3.63) is 59.1 Å². The topological polar surface area (TPSA) is 97.1 Å². The number of fused-ring (bicyclic) bond motifs is 2. The summed E-state index contributed by atoms with van der Waals surface area (Å²) in [5.74, 6) is 1.60. The van der Waals surface area contributed by atoms with Crippen molar-refractivity contribution < 1.29 is 14.0 Å². The van der Waals surface area contributed by atoms with Gasteiger partial charge in [-0.2, -0.15) is 0 Å². The molecule has 5 rings (SSSR count). The maximum Gasteiger partial charge on any atom is 0.230 e. The molecule has 3 aliphatic carbocycles. The van der Waals surface area contributed by atoms with Crippen LogP contribution in [0.3, 0.4) is 0 Å². The summed E-state index contributed by atoms with van der Waals surface area (Å²) >= 11 is 6.42. The number of pyridine rings is 1. The molecule has 4 N–H and O–H groups in total. The molecule has 2 aromatic rings. The molecule has 1 aromatic carbocycles. The second kappa shape index (κ2) is 12.3. The molecule has 2 amide bonds. The number of halogens is 2. The van der Waals surface area contributed by atoms with Gasteiger partial charge in [0, 0.05) is 42.1 Å². The second-order valence-corrected chi connectivity index (χ2v) is 12.4. The van der Waals surface area contributed by atoms with Crippen molar-refractivity contribution in [2.24, 2.45) is 29.4 Å². The Morgan fingerprint density at radius 3 is 2.44 bits per heavy atom. The van der Waals surface area contributed by atoms with Crippen LogP contribution in [0.25, 0.3) is 0 Å². The van der Waals surface area contributed by atoms with Crippen LogP contribution in [0.1, 0.15) is 76.2 Å². The highest BCUT2D eigenvalue weighted by Gasteiger charge is 2.46. The molecule has 0 spiro atoms. The van der Waals surface area contributed by atoms with Crippen molar-refractivity contribution in [2.75, 3.05) is 11.9 Å². The molecule has 3 atom stereocenters. The minimum absolute atomic E-state index is 0.0389. The fourth-order valence-corrected chi connectivity index (χ4v) is 8.18. The van der Waals surface area contributed by atoms with Crippen LogP contribution >= 0.6 is 11.6 Å². The summed E-state index contributed by atoms with van der Waals surface area (Å²) in [5.41, 5.74) is 7.60. The van der Waals surface area contributed by atoms with E-state index in [9.17, 15) is 14.0 Å². The van der Waals surface area contributed by atoms with Gasteiger partial charge in [-0.3, -0.25) is 14.6 Å². The minimum Gasteiger partial charge on any atom is -0.354 e. The Bertz CT molecular complexity index is 1140. The Labute approximate surface area is 235 Å². The van der Waals surface area contributed by atoms with Gasteiger partial charge in [-0.1, -0.05) is 49.8 Å². The molecule has 0 saturated heterocycles. The van der Waals surface area contributed by atoms with E-state index in [1.165, 1.54) is 18.6 Å². The number of rotatable bonds is 9. The first-order chi connectivity index (χ1) is 18.9. The summed E-state index contributed by atoms with van der Waals surface area (Å²) in [4.78, 5) is 30.1. The summed E-state index contributed by atoms with van der Waals surface area (Å²) in [6.07, 6.45) is 13.8. The fourth-order valence-electron chi connectivity index (χ4n) is 7.83. The highest BCUT2D eigenvalue weighted by atomic mass is 35.5. The van der Waals surface area contributed by atoms with E-state index in [0.717, 1.165) is 56.2 Å². The van der Waals surface area contributed by atoms with Crippen molar-refractivity contribution in [2.45, 2.75) is 82.1 Å². The van der Waals surface area contributed by atoms with Gasteiger partial charge in [-0.15, -0.1) is 0 Å². The van der Waals surface area contributed by atoms with Crippen molar-refractivity contribution in [3.63, 3.8) is 0 Å². The molecule has 3 unspecified atom stereocenters. The summed E-state index contributed by atoms with van der Waals surface area (Å²) in [5, 5.41) is 6.48. The number of carbonyl (C=O) groups excluding carboxylic acids is 2. The Balaban J connectivity index is 1.16. The fraction of sp³-hybridized carbons (Fsp3) is 0.581. The van der Waals surface area contributed by atoms with Gasteiger partial charge >= 0.3 is 0 Å². The average molecular weight is 555 g/mol. The first kappa shape index (κ1) is 28.0. The van der Waals surface area contributed by atoms with E-state index in [2.05, 4.69) is 15.6 Å². The van der Waals surface area contributed by atoms with Gasteiger partial charge in [0.15, 0.2) is 0 Å². The van der Waals surface area contributed by atoms with Gasteiger partial charge in [-0.05, 0) is 85.6 Å². The van der Waals surface area contributed by atoms with Gasteiger partial charge in [0.1, 0.15) is 5.82 Å². The Morgan fingerprint density at radius 2 is 1.77 bits per heavy atom. The zero-order valence-corrected chi connectivity index (χ0v) is 23.3. The van der Waals surface area contributed by atoms with Gasteiger partial charge in [-0.25, -0.2) is 4.39 Å². The summed E-state index contributed by atoms with van der Waals surface area (Å²) in [6, 6.07) is 7.86. The quantitative estimate of drug-likeness (QED) is 0.354. The van der Waals surface area contributed by atoms with Crippen molar-refractivity contribution in [1.29, 1.82) is 0 Å². The molecule has 6 nitrogen and oxygen atoms in total. The van der Waals surface area contributed by atoms with Crippen molar-refractivity contribution >= 4 is 29.1 Å². The predicted octanol–water partition coefficient (Wildman–Crippen LogP) is 5.99. The molecular formula is C31H40ClFN4O2. The average Bonchev–Trinajstić information content (AvgIpc) is 3.41. The lowest BCUT2D eigenvalue weighted by molar-refractivity contribution is -0.127. The number of amides is 2. The minimum atomic E-state index is -0.713. The van der Waals surface area contributed by atoms with Crippen LogP contribution in [0.2, 0.25) is 5.02 Å². The third-order valence-electron chi connectivity index (χ3n) is 9.59. The Hall–Kier alpha value is -2.51. The maximum absolute atomic E-state index is 13.7. The van der Waals surface area contributed by atoms with Gasteiger partial charge in [0.25, 0.3) is 0 Å². The van der Waals surface area contributed by atoms with E-state index >= 15 is 0 Å². The van der Waals surface area contributed by atoms with E-state index in [0.29, 0.717) is 54.5 Å². The number of nitrogens with one attached hydrogen (secondary N) is 2. The number of benzene rings is 1. The number of anilines is 1.